The molecular formula is C17H21NO3. The first-order valence-electron chi connectivity index (χ1n) is 6.89. The largest absolute Gasteiger partial charge is 0.497 e. The van der Waals surface area contributed by atoms with Gasteiger partial charge in [0, 0.05) is 17.7 Å². The Balaban J connectivity index is 2.13. The molecule has 2 rings (SSSR count). The molecule has 2 aromatic carbocycles. The summed E-state index contributed by atoms with van der Waals surface area (Å²) >= 11 is 0. The summed E-state index contributed by atoms with van der Waals surface area (Å²) in [4.78, 5) is 0. The lowest BCUT2D eigenvalue weighted by Crippen LogP contribution is -2.08. The second-order valence-corrected chi connectivity index (χ2v) is 4.96. The molecule has 0 aliphatic carbocycles. The summed E-state index contributed by atoms with van der Waals surface area (Å²) in [5.74, 6) is 1.47. The van der Waals surface area contributed by atoms with Gasteiger partial charge in [-0.3, -0.25) is 0 Å². The Morgan fingerprint density at radius 2 is 1.76 bits per heavy atom. The predicted octanol–water partition coefficient (Wildman–Crippen LogP) is 2.79. The van der Waals surface area contributed by atoms with Gasteiger partial charge in [-0.2, -0.15) is 0 Å². The van der Waals surface area contributed by atoms with Gasteiger partial charge >= 0.3 is 0 Å². The SMILES string of the molecule is COc1ccc(C(C)N)c(OCc2ccc(CO)cc2)c1. The van der Waals surface area contributed by atoms with E-state index in [1.54, 1.807) is 7.11 Å². The first kappa shape index (κ1) is 15.4. The maximum absolute atomic E-state index is 9.03. The number of benzene rings is 2. The lowest BCUT2D eigenvalue weighted by molar-refractivity contribution is 0.281. The van der Waals surface area contributed by atoms with E-state index in [2.05, 4.69) is 0 Å². The maximum Gasteiger partial charge on any atom is 0.128 e. The molecule has 0 heterocycles. The monoisotopic (exact) mass is 287 g/mol. The smallest absolute Gasteiger partial charge is 0.128 e. The Morgan fingerprint density at radius 1 is 1.10 bits per heavy atom. The van der Waals surface area contributed by atoms with E-state index in [0.717, 1.165) is 28.2 Å². The highest BCUT2D eigenvalue weighted by atomic mass is 16.5. The van der Waals surface area contributed by atoms with E-state index >= 15 is 0 Å². The van der Waals surface area contributed by atoms with Gasteiger partial charge in [0.2, 0.25) is 0 Å². The molecule has 0 spiro atoms. The lowest BCUT2D eigenvalue weighted by Gasteiger charge is -2.15. The molecule has 112 valence electrons. The van der Waals surface area contributed by atoms with Crippen molar-refractivity contribution in [1.82, 2.24) is 0 Å². The summed E-state index contributed by atoms with van der Waals surface area (Å²) in [5.41, 5.74) is 8.83. The molecule has 0 aliphatic rings. The molecule has 3 N–H and O–H groups in total. The van der Waals surface area contributed by atoms with E-state index in [0.29, 0.717) is 6.61 Å². The fraction of sp³-hybridized carbons (Fsp3) is 0.294. The van der Waals surface area contributed by atoms with Gasteiger partial charge in [-0.15, -0.1) is 0 Å². The van der Waals surface area contributed by atoms with E-state index in [1.165, 1.54) is 0 Å². The van der Waals surface area contributed by atoms with Gasteiger partial charge in [-0.25, -0.2) is 0 Å². The van der Waals surface area contributed by atoms with Crippen LogP contribution in [0.15, 0.2) is 42.5 Å². The van der Waals surface area contributed by atoms with Crippen LogP contribution in [-0.2, 0) is 13.2 Å². The average molecular weight is 287 g/mol. The molecule has 0 aliphatic heterocycles. The molecule has 21 heavy (non-hydrogen) atoms. The minimum Gasteiger partial charge on any atom is -0.497 e. The maximum atomic E-state index is 9.03. The van der Waals surface area contributed by atoms with Gasteiger partial charge < -0.3 is 20.3 Å². The second kappa shape index (κ2) is 7.11. The summed E-state index contributed by atoms with van der Waals surface area (Å²) < 4.78 is 11.1. The topological polar surface area (TPSA) is 64.7 Å². The third-order valence-corrected chi connectivity index (χ3v) is 3.31. The van der Waals surface area contributed by atoms with Crippen molar-refractivity contribution in [3.05, 3.63) is 59.2 Å². The Morgan fingerprint density at radius 3 is 2.33 bits per heavy atom. The van der Waals surface area contributed by atoms with Crippen molar-refractivity contribution in [2.24, 2.45) is 5.73 Å². The van der Waals surface area contributed by atoms with Gasteiger partial charge in [0.15, 0.2) is 0 Å². The first-order chi connectivity index (χ1) is 10.1. The fourth-order valence-electron chi connectivity index (χ4n) is 2.04. The predicted molar refractivity (Wildman–Crippen MR) is 82.3 cm³/mol. The van der Waals surface area contributed by atoms with Crippen LogP contribution in [0.1, 0.15) is 29.7 Å². The zero-order valence-electron chi connectivity index (χ0n) is 12.4. The molecule has 0 aromatic heterocycles. The lowest BCUT2D eigenvalue weighted by atomic mass is 10.1. The van der Waals surface area contributed by atoms with E-state index in [9.17, 15) is 0 Å². The molecule has 0 bridgehead atoms. The van der Waals surface area contributed by atoms with Crippen molar-refractivity contribution in [2.75, 3.05) is 7.11 Å². The van der Waals surface area contributed by atoms with Crippen molar-refractivity contribution >= 4 is 0 Å². The van der Waals surface area contributed by atoms with Gasteiger partial charge in [0.25, 0.3) is 0 Å². The number of nitrogens with two attached hydrogens (primary N) is 1. The van der Waals surface area contributed by atoms with Crippen LogP contribution in [-0.4, -0.2) is 12.2 Å². The standard InChI is InChI=1S/C17H21NO3/c1-12(18)16-8-7-15(20-2)9-17(16)21-11-14-5-3-13(10-19)4-6-14/h3-9,12,19H,10-11,18H2,1-2H3. The summed E-state index contributed by atoms with van der Waals surface area (Å²) in [7, 11) is 1.62. The minimum absolute atomic E-state index is 0.0475. The first-order valence-corrected chi connectivity index (χ1v) is 6.89. The van der Waals surface area contributed by atoms with Crippen molar-refractivity contribution in [2.45, 2.75) is 26.2 Å². The van der Waals surface area contributed by atoms with Crippen molar-refractivity contribution in [3.63, 3.8) is 0 Å². The van der Waals surface area contributed by atoms with Gasteiger partial charge in [0.05, 0.1) is 13.7 Å². The van der Waals surface area contributed by atoms with Crippen LogP contribution in [0.3, 0.4) is 0 Å². The highest BCUT2D eigenvalue weighted by Crippen LogP contribution is 2.29. The molecule has 4 nitrogen and oxygen atoms in total. The number of rotatable bonds is 6. The molecule has 0 radical (unpaired) electrons. The fourth-order valence-corrected chi connectivity index (χ4v) is 2.04. The summed E-state index contributed by atoms with van der Waals surface area (Å²) in [6.07, 6.45) is 0. The van der Waals surface area contributed by atoms with Crippen LogP contribution in [0.4, 0.5) is 0 Å². The van der Waals surface area contributed by atoms with Crippen LogP contribution in [0.2, 0.25) is 0 Å². The Labute approximate surface area is 125 Å². The van der Waals surface area contributed by atoms with E-state index < -0.39 is 0 Å². The number of ether oxygens (including phenoxy) is 2. The molecule has 4 heteroatoms. The number of methoxy groups -OCH3 is 1. The summed E-state index contributed by atoms with van der Waals surface area (Å²) in [6.45, 7) is 2.41. The van der Waals surface area contributed by atoms with Crippen LogP contribution in [0, 0.1) is 0 Å². The minimum atomic E-state index is -0.109. The highest BCUT2D eigenvalue weighted by Gasteiger charge is 2.10. The summed E-state index contributed by atoms with van der Waals surface area (Å²) in [6, 6.07) is 13.2. The molecular weight excluding hydrogens is 266 g/mol. The average Bonchev–Trinajstić information content (AvgIpc) is 2.52. The van der Waals surface area contributed by atoms with Crippen LogP contribution >= 0.6 is 0 Å². The molecule has 2 aromatic rings. The van der Waals surface area contributed by atoms with E-state index in [1.807, 2.05) is 49.4 Å². The Bertz CT molecular complexity index is 579. The molecule has 0 saturated heterocycles. The zero-order chi connectivity index (χ0) is 15.2. The van der Waals surface area contributed by atoms with Crippen LogP contribution in [0.5, 0.6) is 11.5 Å². The van der Waals surface area contributed by atoms with Gasteiger partial charge in [-0.1, -0.05) is 30.3 Å². The molecule has 1 atom stereocenters. The van der Waals surface area contributed by atoms with Crippen molar-refractivity contribution in [1.29, 1.82) is 0 Å². The van der Waals surface area contributed by atoms with Crippen LogP contribution in [0.25, 0.3) is 0 Å². The van der Waals surface area contributed by atoms with Gasteiger partial charge in [0.1, 0.15) is 18.1 Å². The quantitative estimate of drug-likeness (QED) is 0.857. The zero-order valence-corrected chi connectivity index (χ0v) is 12.4. The van der Waals surface area contributed by atoms with Crippen molar-refractivity contribution < 1.29 is 14.6 Å². The number of hydrogen-bond donors (Lipinski definition) is 2. The number of aliphatic hydroxyl groups excluding tert-OH is 1. The van der Waals surface area contributed by atoms with Gasteiger partial charge in [-0.05, 0) is 24.1 Å². The van der Waals surface area contributed by atoms with Crippen molar-refractivity contribution in [3.8, 4) is 11.5 Å². The third-order valence-electron chi connectivity index (χ3n) is 3.31. The van der Waals surface area contributed by atoms with Crippen LogP contribution < -0.4 is 15.2 Å². The van der Waals surface area contributed by atoms with E-state index in [4.69, 9.17) is 20.3 Å². The Hall–Kier alpha value is -2.04. The number of aliphatic hydroxyl groups is 1. The second-order valence-electron chi connectivity index (χ2n) is 4.96. The number of hydrogen-bond acceptors (Lipinski definition) is 4. The summed E-state index contributed by atoms with van der Waals surface area (Å²) in [5, 5.41) is 9.03. The highest BCUT2D eigenvalue weighted by molar-refractivity contribution is 5.42. The molecule has 0 saturated carbocycles. The third kappa shape index (κ3) is 3.97. The van der Waals surface area contributed by atoms with E-state index in [-0.39, 0.29) is 12.6 Å². The Kier molecular flexibility index (Phi) is 5.20. The normalized spacial score (nSPS) is 12.0. The molecule has 1 unspecified atom stereocenters. The molecule has 0 fully saturated rings. The molecule has 0 amide bonds.